The SMILES string of the molecule is CC/C=C\C/C=C\C/C=C\C/C=C\CCCCCCCCC(=O)OCC(COC(=O)CCCCCCC/C=C\C/C=C\CC)OC(=O)CCCCC/C=C\C=C/CCCCCCCCC. The van der Waals surface area contributed by atoms with Crippen LogP contribution in [-0.4, -0.2) is 37.2 Å². The Bertz CT molecular complexity index is 1310. The van der Waals surface area contributed by atoms with Gasteiger partial charge in [-0.2, -0.15) is 0 Å². The maximum Gasteiger partial charge on any atom is 0.306 e. The Balaban J connectivity index is 4.45. The summed E-state index contributed by atoms with van der Waals surface area (Å²) in [6.07, 6.45) is 69.6. The number of allylic oxidation sites excluding steroid dienone is 16. The third-order valence-corrected chi connectivity index (χ3v) is 11.1. The van der Waals surface area contributed by atoms with Crippen LogP contribution in [0.4, 0.5) is 0 Å². The summed E-state index contributed by atoms with van der Waals surface area (Å²) in [6, 6.07) is 0. The van der Waals surface area contributed by atoms with Crippen LogP contribution in [0.1, 0.15) is 239 Å². The van der Waals surface area contributed by atoms with E-state index in [0.717, 1.165) is 141 Å². The van der Waals surface area contributed by atoms with Gasteiger partial charge in [0.15, 0.2) is 6.10 Å². The lowest BCUT2D eigenvalue weighted by atomic mass is 10.1. The summed E-state index contributed by atoms with van der Waals surface area (Å²) >= 11 is 0. The Hall–Kier alpha value is -3.67. The van der Waals surface area contributed by atoms with Crippen molar-refractivity contribution in [3.05, 3.63) is 97.2 Å². The number of esters is 3. The third-order valence-electron chi connectivity index (χ3n) is 11.1. The van der Waals surface area contributed by atoms with E-state index in [-0.39, 0.29) is 37.5 Å². The van der Waals surface area contributed by atoms with Crippen LogP contribution >= 0.6 is 0 Å². The van der Waals surface area contributed by atoms with Crippen molar-refractivity contribution in [3.8, 4) is 0 Å². The highest BCUT2D eigenvalue weighted by Crippen LogP contribution is 2.13. The van der Waals surface area contributed by atoms with E-state index in [2.05, 4.69) is 118 Å². The van der Waals surface area contributed by atoms with E-state index < -0.39 is 6.10 Å². The quantitative estimate of drug-likeness (QED) is 0.0199. The average molecular weight is 903 g/mol. The first-order chi connectivity index (χ1) is 32.0. The van der Waals surface area contributed by atoms with Crippen LogP contribution in [0.2, 0.25) is 0 Å². The van der Waals surface area contributed by atoms with Crippen LogP contribution in [0.3, 0.4) is 0 Å². The van der Waals surface area contributed by atoms with Gasteiger partial charge in [0, 0.05) is 19.3 Å². The lowest BCUT2D eigenvalue weighted by Gasteiger charge is -2.18. The van der Waals surface area contributed by atoms with Crippen molar-refractivity contribution in [1.29, 1.82) is 0 Å². The van der Waals surface area contributed by atoms with Crippen molar-refractivity contribution < 1.29 is 28.6 Å². The zero-order valence-electron chi connectivity index (χ0n) is 42.2. The van der Waals surface area contributed by atoms with E-state index in [4.69, 9.17) is 14.2 Å². The second kappa shape index (κ2) is 52.9. The lowest BCUT2D eigenvalue weighted by molar-refractivity contribution is -0.167. The molecule has 0 aromatic carbocycles. The van der Waals surface area contributed by atoms with Gasteiger partial charge < -0.3 is 14.2 Å². The molecule has 65 heavy (non-hydrogen) atoms. The van der Waals surface area contributed by atoms with E-state index in [0.29, 0.717) is 12.8 Å². The van der Waals surface area contributed by atoms with E-state index in [9.17, 15) is 14.4 Å². The Morgan fingerprint density at radius 3 is 1.05 bits per heavy atom. The first-order valence-corrected chi connectivity index (χ1v) is 26.8. The van der Waals surface area contributed by atoms with Gasteiger partial charge in [-0.25, -0.2) is 0 Å². The van der Waals surface area contributed by atoms with Crippen molar-refractivity contribution in [2.24, 2.45) is 0 Å². The predicted molar refractivity (Wildman–Crippen MR) is 279 cm³/mol. The Morgan fingerprint density at radius 2 is 0.646 bits per heavy atom. The summed E-state index contributed by atoms with van der Waals surface area (Å²) in [5.74, 6) is -0.957. The van der Waals surface area contributed by atoms with Crippen molar-refractivity contribution >= 4 is 17.9 Å². The molecule has 6 heteroatoms. The molecule has 0 saturated heterocycles. The van der Waals surface area contributed by atoms with Crippen LogP contribution in [0.25, 0.3) is 0 Å². The maximum absolute atomic E-state index is 12.8. The molecule has 0 aromatic rings. The molecule has 0 N–H and O–H groups in total. The summed E-state index contributed by atoms with van der Waals surface area (Å²) in [6.45, 7) is 6.36. The molecule has 0 rings (SSSR count). The normalized spacial score (nSPS) is 12.8. The number of hydrogen-bond acceptors (Lipinski definition) is 6. The molecular formula is C59H98O6. The first-order valence-electron chi connectivity index (χ1n) is 26.8. The molecular weight excluding hydrogens is 805 g/mol. The van der Waals surface area contributed by atoms with Gasteiger partial charge >= 0.3 is 17.9 Å². The van der Waals surface area contributed by atoms with Gasteiger partial charge in [-0.05, 0) is 109 Å². The Kier molecular flexibility index (Phi) is 50.0. The highest BCUT2D eigenvalue weighted by atomic mass is 16.6. The Labute approximate surface area is 400 Å². The minimum Gasteiger partial charge on any atom is -0.462 e. The molecule has 370 valence electrons. The second-order valence-corrected chi connectivity index (χ2v) is 17.4. The highest BCUT2D eigenvalue weighted by molar-refractivity contribution is 5.71. The highest BCUT2D eigenvalue weighted by Gasteiger charge is 2.19. The minimum atomic E-state index is -0.804. The van der Waals surface area contributed by atoms with E-state index in [1.165, 1.54) is 57.8 Å². The van der Waals surface area contributed by atoms with Crippen LogP contribution in [0.15, 0.2) is 97.2 Å². The molecule has 1 atom stereocenters. The fourth-order valence-corrected chi connectivity index (χ4v) is 7.11. The molecule has 0 aromatic heterocycles. The number of ether oxygens (including phenoxy) is 3. The minimum absolute atomic E-state index is 0.101. The van der Waals surface area contributed by atoms with Gasteiger partial charge in [0.1, 0.15) is 13.2 Å². The maximum atomic E-state index is 12.8. The van der Waals surface area contributed by atoms with Crippen molar-refractivity contribution in [3.63, 3.8) is 0 Å². The van der Waals surface area contributed by atoms with Crippen LogP contribution in [0.5, 0.6) is 0 Å². The molecule has 0 heterocycles. The monoisotopic (exact) mass is 903 g/mol. The summed E-state index contributed by atoms with van der Waals surface area (Å²) in [7, 11) is 0. The van der Waals surface area contributed by atoms with Crippen LogP contribution in [0, 0.1) is 0 Å². The molecule has 1 unspecified atom stereocenters. The molecule has 0 spiro atoms. The van der Waals surface area contributed by atoms with Gasteiger partial charge in [0.05, 0.1) is 0 Å². The van der Waals surface area contributed by atoms with E-state index >= 15 is 0 Å². The molecule has 0 fully saturated rings. The van der Waals surface area contributed by atoms with Crippen molar-refractivity contribution in [2.75, 3.05) is 13.2 Å². The summed E-state index contributed by atoms with van der Waals surface area (Å²) in [5, 5.41) is 0. The van der Waals surface area contributed by atoms with Gasteiger partial charge in [0.25, 0.3) is 0 Å². The molecule has 0 aliphatic rings. The van der Waals surface area contributed by atoms with Gasteiger partial charge in [0.2, 0.25) is 0 Å². The van der Waals surface area contributed by atoms with Gasteiger partial charge in [-0.1, -0.05) is 208 Å². The van der Waals surface area contributed by atoms with Gasteiger partial charge in [-0.15, -0.1) is 0 Å². The topological polar surface area (TPSA) is 78.9 Å². The molecule has 0 bridgehead atoms. The first kappa shape index (κ1) is 61.3. The predicted octanol–water partition coefficient (Wildman–Crippen LogP) is 17.8. The summed E-state index contributed by atoms with van der Waals surface area (Å²) < 4.78 is 16.8. The smallest absolute Gasteiger partial charge is 0.306 e. The Morgan fingerprint density at radius 1 is 0.338 bits per heavy atom. The molecule has 0 amide bonds. The molecule has 0 aliphatic carbocycles. The largest absolute Gasteiger partial charge is 0.462 e. The third kappa shape index (κ3) is 51.2. The summed E-state index contributed by atoms with van der Waals surface area (Å²) in [4.78, 5) is 38.0. The molecule has 0 aliphatic heterocycles. The fraction of sp³-hybridized carbons (Fsp3) is 0.678. The van der Waals surface area contributed by atoms with Crippen molar-refractivity contribution in [1.82, 2.24) is 0 Å². The average Bonchev–Trinajstić information content (AvgIpc) is 3.30. The molecule has 6 nitrogen and oxygen atoms in total. The number of unbranched alkanes of at least 4 members (excludes halogenated alkanes) is 21. The fourth-order valence-electron chi connectivity index (χ4n) is 7.11. The molecule has 0 saturated carbocycles. The van der Waals surface area contributed by atoms with E-state index in [1.54, 1.807) is 0 Å². The van der Waals surface area contributed by atoms with Crippen LogP contribution < -0.4 is 0 Å². The summed E-state index contributed by atoms with van der Waals surface area (Å²) in [5.41, 5.74) is 0. The number of carbonyl (C=O) groups is 3. The lowest BCUT2D eigenvalue weighted by Crippen LogP contribution is -2.30. The van der Waals surface area contributed by atoms with Gasteiger partial charge in [-0.3, -0.25) is 14.4 Å². The van der Waals surface area contributed by atoms with Crippen molar-refractivity contribution in [2.45, 2.75) is 245 Å². The van der Waals surface area contributed by atoms with E-state index in [1.807, 2.05) is 0 Å². The van der Waals surface area contributed by atoms with Crippen LogP contribution in [-0.2, 0) is 28.6 Å². The number of rotatable bonds is 47. The second-order valence-electron chi connectivity index (χ2n) is 17.4. The zero-order chi connectivity index (χ0) is 47.2. The number of hydrogen-bond donors (Lipinski definition) is 0. The molecule has 0 radical (unpaired) electrons. The standard InChI is InChI=1S/C59H98O6/c1-4-7-10-13-16-19-22-25-27-29-30-31-33-34-37-40-43-46-49-52-58(61)64-55-56(54-63-57(60)51-48-45-42-39-36-24-21-18-15-12-9-6-3)65-59(62)53-50-47-44-41-38-35-32-28-26-23-20-17-14-11-8-5-2/h7,9-10,12,16,18-19,21,25,27-28,30-32,35,38,56H,4-6,8,11,13-15,17,20,22-24,26,29,33-34,36-37,39-55H2,1-3H3/b10-7-,12-9-,19-16-,21-18-,27-25-,31-30-,32-28-,38-35-. The zero-order valence-corrected chi connectivity index (χ0v) is 42.2. The number of carbonyl (C=O) groups excluding carboxylic acids is 3.